The van der Waals surface area contributed by atoms with Gasteiger partial charge in [-0.1, -0.05) is 6.08 Å². The summed E-state index contributed by atoms with van der Waals surface area (Å²) in [5.74, 6) is 0.910. The van der Waals surface area contributed by atoms with Gasteiger partial charge in [-0.3, -0.25) is 0 Å². The van der Waals surface area contributed by atoms with Gasteiger partial charge < -0.3 is 9.31 Å². The van der Waals surface area contributed by atoms with Crippen molar-refractivity contribution in [2.24, 2.45) is 0 Å². The van der Waals surface area contributed by atoms with E-state index in [9.17, 15) is 4.39 Å². The Morgan fingerprint density at radius 2 is 1.75 bits per heavy atom. The van der Waals surface area contributed by atoms with E-state index in [1.165, 1.54) is 0 Å². The largest absolute Gasteiger partial charge is 0.524 e. The Balaban J connectivity index is 2.62. The van der Waals surface area contributed by atoms with E-state index in [4.69, 9.17) is 9.31 Å². The van der Waals surface area contributed by atoms with Gasteiger partial charge in [-0.05, 0) is 46.1 Å². The summed E-state index contributed by atoms with van der Waals surface area (Å²) in [6.45, 7) is 7.68. The van der Waals surface area contributed by atoms with Crippen molar-refractivity contribution in [1.82, 2.24) is 0 Å². The smallest absolute Gasteiger partial charge is 0.398 e. The lowest BCUT2D eigenvalue weighted by Crippen LogP contribution is -2.41. The first-order valence-corrected chi connectivity index (χ1v) is 6.90. The summed E-state index contributed by atoms with van der Waals surface area (Å²) in [7, 11) is -0.841. The first-order valence-electron chi connectivity index (χ1n) is 5.50. The van der Waals surface area contributed by atoms with Gasteiger partial charge in [-0.15, -0.1) is 0 Å². The Labute approximate surface area is 102 Å². The van der Waals surface area contributed by atoms with E-state index in [1.807, 2.05) is 34.0 Å². The lowest BCUT2D eigenvalue weighted by molar-refractivity contribution is 0.00578. The summed E-state index contributed by atoms with van der Waals surface area (Å²) in [5, 5.41) is 0. The van der Waals surface area contributed by atoms with Crippen LogP contribution in [0.2, 0.25) is 0 Å². The standard InChI is InChI=1S/C11H20BFO2S/c1-10(2)11(3,4)15-12(14-10)9(13)7-6-8-16-5/h7H,6,8H2,1-5H3. The van der Waals surface area contributed by atoms with E-state index in [2.05, 4.69) is 0 Å². The Morgan fingerprint density at radius 3 is 2.19 bits per heavy atom. The zero-order valence-corrected chi connectivity index (χ0v) is 11.5. The Bertz CT molecular complexity index is 263. The molecule has 92 valence electrons. The highest BCUT2D eigenvalue weighted by Gasteiger charge is 2.52. The number of hydrogen-bond acceptors (Lipinski definition) is 3. The number of thioether (sulfide) groups is 1. The molecule has 0 aromatic heterocycles. The maximum atomic E-state index is 13.7. The second-order valence-electron chi connectivity index (χ2n) is 4.96. The molecule has 0 N–H and O–H groups in total. The molecule has 2 nitrogen and oxygen atoms in total. The predicted molar refractivity (Wildman–Crippen MR) is 68.3 cm³/mol. The van der Waals surface area contributed by atoms with Crippen LogP contribution in [0, 0.1) is 0 Å². The highest BCUT2D eigenvalue weighted by Crippen LogP contribution is 2.38. The molecule has 0 saturated carbocycles. The van der Waals surface area contributed by atoms with E-state index < -0.39 is 18.3 Å². The lowest BCUT2D eigenvalue weighted by Gasteiger charge is -2.32. The Morgan fingerprint density at radius 1 is 1.25 bits per heavy atom. The molecule has 0 atom stereocenters. The summed E-state index contributed by atoms with van der Waals surface area (Å²) < 4.78 is 24.9. The van der Waals surface area contributed by atoms with Gasteiger partial charge in [0, 0.05) is 0 Å². The predicted octanol–water partition coefficient (Wildman–Crippen LogP) is 3.22. The van der Waals surface area contributed by atoms with Gasteiger partial charge in [0.2, 0.25) is 0 Å². The summed E-state index contributed by atoms with van der Waals surface area (Å²) >= 11 is 1.69. The average molecular weight is 246 g/mol. The van der Waals surface area contributed by atoms with Crippen molar-refractivity contribution in [2.75, 3.05) is 12.0 Å². The minimum Gasteiger partial charge on any atom is -0.398 e. The summed E-state index contributed by atoms with van der Waals surface area (Å²) in [6.07, 6.45) is 4.26. The minimum atomic E-state index is -0.841. The highest BCUT2D eigenvalue weighted by molar-refractivity contribution is 7.98. The van der Waals surface area contributed by atoms with Crippen LogP contribution >= 0.6 is 11.8 Å². The Hall–Kier alpha value is 0.00494. The summed E-state index contributed by atoms with van der Waals surface area (Å²) in [6, 6.07) is 0. The molecular formula is C11H20BFO2S. The fraction of sp³-hybridized carbons (Fsp3) is 0.818. The van der Waals surface area contributed by atoms with Gasteiger partial charge in [0.1, 0.15) is 5.73 Å². The molecule has 1 aliphatic heterocycles. The number of halogens is 1. The van der Waals surface area contributed by atoms with Crippen LogP contribution in [0.1, 0.15) is 34.1 Å². The van der Waals surface area contributed by atoms with E-state index in [1.54, 1.807) is 17.8 Å². The molecule has 16 heavy (non-hydrogen) atoms. The summed E-state index contributed by atoms with van der Waals surface area (Å²) in [4.78, 5) is 0. The van der Waals surface area contributed by atoms with E-state index in [0.29, 0.717) is 6.42 Å². The normalized spacial score (nSPS) is 23.9. The van der Waals surface area contributed by atoms with Crippen molar-refractivity contribution < 1.29 is 13.7 Å². The molecule has 0 radical (unpaired) electrons. The van der Waals surface area contributed by atoms with Crippen molar-refractivity contribution in [3.8, 4) is 0 Å². The third-order valence-electron chi connectivity index (χ3n) is 3.14. The van der Waals surface area contributed by atoms with Crippen LogP contribution in [-0.4, -0.2) is 30.3 Å². The molecule has 0 unspecified atom stereocenters. The maximum absolute atomic E-state index is 13.7. The van der Waals surface area contributed by atoms with Gasteiger partial charge >= 0.3 is 7.12 Å². The second-order valence-corrected chi connectivity index (χ2v) is 5.94. The monoisotopic (exact) mass is 246 g/mol. The topological polar surface area (TPSA) is 18.5 Å². The van der Waals surface area contributed by atoms with Crippen molar-refractivity contribution in [1.29, 1.82) is 0 Å². The average Bonchev–Trinajstić information content (AvgIpc) is 2.36. The van der Waals surface area contributed by atoms with Crippen LogP contribution in [0.4, 0.5) is 4.39 Å². The van der Waals surface area contributed by atoms with Gasteiger partial charge in [-0.25, -0.2) is 4.39 Å². The fourth-order valence-electron chi connectivity index (χ4n) is 1.37. The third kappa shape index (κ3) is 3.02. The molecule has 1 aliphatic rings. The number of rotatable bonds is 4. The molecule has 0 aromatic carbocycles. The fourth-order valence-corrected chi connectivity index (χ4v) is 1.72. The molecular weight excluding hydrogens is 226 g/mol. The van der Waals surface area contributed by atoms with Crippen molar-refractivity contribution in [2.45, 2.75) is 45.3 Å². The van der Waals surface area contributed by atoms with Crippen molar-refractivity contribution >= 4 is 18.9 Å². The summed E-state index contributed by atoms with van der Waals surface area (Å²) in [5.41, 5.74) is -1.25. The van der Waals surface area contributed by atoms with Crippen LogP contribution in [0.25, 0.3) is 0 Å². The van der Waals surface area contributed by atoms with Crippen molar-refractivity contribution in [3.63, 3.8) is 0 Å². The van der Waals surface area contributed by atoms with Gasteiger partial charge in [-0.2, -0.15) is 11.8 Å². The van der Waals surface area contributed by atoms with Crippen LogP contribution in [0.5, 0.6) is 0 Å². The molecule has 0 spiro atoms. The van der Waals surface area contributed by atoms with Crippen LogP contribution < -0.4 is 0 Å². The van der Waals surface area contributed by atoms with Crippen LogP contribution in [-0.2, 0) is 9.31 Å². The van der Waals surface area contributed by atoms with Crippen LogP contribution in [0.3, 0.4) is 0 Å². The first-order chi connectivity index (χ1) is 7.30. The van der Waals surface area contributed by atoms with E-state index in [0.717, 1.165) is 5.75 Å². The van der Waals surface area contributed by atoms with Crippen LogP contribution in [0.15, 0.2) is 11.8 Å². The van der Waals surface area contributed by atoms with Crippen molar-refractivity contribution in [3.05, 3.63) is 11.8 Å². The zero-order valence-electron chi connectivity index (χ0n) is 10.7. The van der Waals surface area contributed by atoms with E-state index >= 15 is 0 Å². The number of allylic oxidation sites excluding steroid dienone is 1. The SMILES string of the molecule is CSCCC=C(F)B1OC(C)(C)C(C)(C)O1. The van der Waals surface area contributed by atoms with E-state index in [-0.39, 0.29) is 5.73 Å². The maximum Gasteiger partial charge on any atom is 0.524 e. The highest BCUT2D eigenvalue weighted by atomic mass is 32.2. The molecule has 0 bridgehead atoms. The molecule has 1 saturated heterocycles. The minimum absolute atomic E-state index is 0.312. The van der Waals surface area contributed by atoms with Gasteiger partial charge in [0.25, 0.3) is 0 Å². The molecule has 0 aromatic rings. The molecule has 1 heterocycles. The Kier molecular flexibility index (Phi) is 4.49. The molecule has 0 aliphatic carbocycles. The second kappa shape index (κ2) is 5.11. The molecule has 5 heteroatoms. The van der Waals surface area contributed by atoms with Gasteiger partial charge in [0.15, 0.2) is 0 Å². The quantitative estimate of drug-likeness (QED) is 0.560. The molecule has 0 amide bonds. The first kappa shape index (κ1) is 14.1. The molecule has 1 rings (SSSR count). The number of hydrogen-bond donors (Lipinski definition) is 0. The zero-order chi connectivity index (χ0) is 12.4. The molecule has 1 fully saturated rings. The lowest BCUT2D eigenvalue weighted by atomic mass is 9.87. The third-order valence-corrected chi connectivity index (χ3v) is 3.78. The van der Waals surface area contributed by atoms with Gasteiger partial charge in [0.05, 0.1) is 11.2 Å².